The number of hydrogen-bond acceptors (Lipinski definition) is 3. The van der Waals surface area contributed by atoms with Gasteiger partial charge in [0.2, 0.25) is 0 Å². The summed E-state index contributed by atoms with van der Waals surface area (Å²) in [6.07, 6.45) is 0.765. The van der Waals surface area contributed by atoms with Crippen LogP contribution in [0.3, 0.4) is 0 Å². The van der Waals surface area contributed by atoms with Gasteiger partial charge in [-0.15, -0.1) is 0 Å². The number of ether oxygens (including phenoxy) is 1. The molecule has 1 aliphatic rings. The number of nitrogens with one attached hydrogen (secondary N) is 2. The van der Waals surface area contributed by atoms with Crippen molar-refractivity contribution in [3.05, 3.63) is 60.2 Å². The molecule has 0 saturated carbocycles. The third-order valence-corrected chi connectivity index (χ3v) is 5.16. The van der Waals surface area contributed by atoms with E-state index in [1.165, 1.54) is 5.56 Å². The SMILES string of the molecule is O=C(NCCS(=O)c1ccccc1)NCC1Cc2ccccc2O1. The Kier molecular flexibility index (Phi) is 5.48. The fourth-order valence-corrected chi connectivity index (χ4v) is 3.57. The van der Waals surface area contributed by atoms with E-state index in [0.717, 1.165) is 17.1 Å². The molecule has 0 bridgehead atoms. The summed E-state index contributed by atoms with van der Waals surface area (Å²) in [7, 11) is -1.10. The topological polar surface area (TPSA) is 67.4 Å². The minimum absolute atomic E-state index is 0.0356. The van der Waals surface area contributed by atoms with E-state index in [2.05, 4.69) is 10.6 Å². The van der Waals surface area contributed by atoms with Crippen molar-refractivity contribution in [3.8, 4) is 5.75 Å². The molecule has 1 aliphatic heterocycles. The molecule has 2 unspecified atom stereocenters. The maximum Gasteiger partial charge on any atom is 0.314 e. The maximum absolute atomic E-state index is 12.0. The molecule has 1 heterocycles. The van der Waals surface area contributed by atoms with Gasteiger partial charge >= 0.3 is 6.03 Å². The summed E-state index contributed by atoms with van der Waals surface area (Å²) in [4.78, 5) is 12.6. The van der Waals surface area contributed by atoms with Crippen LogP contribution in [0.15, 0.2) is 59.5 Å². The Balaban J connectivity index is 1.34. The van der Waals surface area contributed by atoms with Crippen molar-refractivity contribution >= 4 is 16.8 Å². The van der Waals surface area contributed by atoms with Crippen molar-refractivity contribution in [1.82, 2.24) is 10.6 Å². The lowest BCUT2D eigenvalue weighted by molar-refractivity contribution is 0.214. The van der Waals surface area contributed by atoms with Crippen LogP contribution in [0.5, 0.6) is 5.75 Å². The van der Waals surface area contributed by atoms with E-state index < -0.39 is 10.8 Å². The Hall–Kier alpha value is -2.34. The van der Waals surface area contributed by atoms with E-state index in [9.17, 15) is 9.00 Å². The summed E-state index contributed by atoms with van der Waals surface area (Å²) in [5, 5.41) is 5.53. The van der Waals surface area contributed by atoms with Crippen LogP contribution in [0, 0.1) is 0 Å². The molecule has 2 N–H and O–H groups in total. The van der Waals surface area contributed by atoms with Crippen LogP contribution in [0.25, 0.3) is 0 Å². The molecule has 6 heteroatoms. The van der Waals surface area contributed by atoms with Gasteiger partial charge in [-0.2, -0.15) is 0 Å². The van der Waals surface area contributed by atoms with Crippen LogP contribution >= 0.6 is 0 Å². The minimum Gasteiger partial charge on any atom is -0.488 e. The fourth-order valence-electron chi connectivity index (χ4n) is 2.58. The molecular weight excluding hydrogens is 324 g/mol. The number of fused-ring (bicyclic) bond motifs is 1. The molecule has 0 aromatic heterocycles. The van der Waals surface area contributed by atoms with Crippen molar-refractivity contribution in [1.29, 1.82) is 0 Å². The van der Waals surface area contributed by atoms with Crippen LogP contribution in [-0.4, -0.2) is 35.2 Å². The van der Waals surface area contributed by atoms with Gasteiger partial charge in [0.05, 0.1) is 17.3 Å². The second-order valence-electron chi connectivity index (χ2n) is 5.55. The Bertz CT molecular complexity index is 696. The largest absolute Gasteiger partial charge is 0.488 e. The molecular formula is C18H20N2O3S. The van der Waals surface area contributed by atoms with Crippen LogP contribution in [0.1, 0.15) is 5.56 Å². The molecule has 2 amide bonds. The van der Waals surface area contributed by atoms with Gasteiger partial charge in [0.25, 0.3) is 0 Å². The normalized spacial score (nSPS) is 16.8. The first-order chi connectivity index (χ1) is 11.7. The van der Waals surface area contributed by atoms with Crippen LogP contribution < -0.4 is 15.4 Å². The highest BCUT2D eigenvalue weighted by Crippen LogP contribution is 2.27. The molecule has 0 saturated heterocycles. The number of carbonyl (C=O) groups is 1. The summed E-state index contributed by atoms with van der Waals surface area (Å²) in [5.41, 5.74) is 1.17. The third-order valence-electron chi connectivity index (χ3n) is 3.78. The fraction of sp³-hybridized carbons (Fsp3) is 0.278. The molecule has 0 spiro atoms. The summed E-state index contributed by atoms with van der Waals surface area (Å²) in [5.74, 6) is 1.28. The highest BCUT2D eigenvalue weighted by atomic mass is 32.2. The lowest BCUT2D eigenvalue weighted by Crippen LogP contribution is -2.42. The number of para-hydroxylation sites is 1. The van der Waals surface area contributed by atoms with Gasteiger partial charge < -0.3 is 15.4 Å². The van der Waals surface area contributed by atoms with E-state index in [-0.39, 0.29) is 12.1 Å². The van der Waals surface area contributed by atoms with Gasteiger partial charge in [-0.1, -0.05) is 36.4 Å². The maximum atomic E-state index is 12.0. The predicted octanol–water partition coefficient (Wildman–Crippen LogP) is 2.10. The number of rotatable bonds is 6. The molecule has 5 nitrogen and oxygen atoms in total. The summed E-state index contributed by atoms with van der Waals surface area (Å²) in [6.45, 7) is 0.807. The van der Waals surface area contributed by atoms with E-state index in [4.69, 9.17) is 4.74 Å². The predicted molar refractivity (Wildman–Crippen MR) is 93.7 cm³/mol. The first-order valence-electron chi connectivity index (χ1n) is 7.92. The molecule has 0 fully saturated rings. The lowest BCUT2D eigenvalue weighted by atomic mass is 10.1. The second-order valence-corrected chi connectivity index (χ2v) is 7.12. The summed E-state index contributed by atoms with van der Waals surface area (Å²) in [6, 6.07) is 16.9. The number of amides is 2. The van der Waals surface area contributed by atoms with Gasteiger partial charge in [0.1, 0.15) is 11.9 Å². The first-order valence-corrected chi connectivity index (χ1v) is 9.24. The van der Waals surface area contributed by atoms with Crippen molar-refractivity contribution < 1.29 is 13.7 Å². The van der Waals surface area contributed by atoms with Gasteiger partial charge in [-0.05, 0) is 23.8 Å². The third kappa shape index (κ3) is 4.35. The van der Waals surface area contributed by atoms with Crippen molar-refractivity contribution in [2.24, 2.45) is 0 Å². The zero-order valence-corrected chi connectivity index (χ0v) is 14.1. The zero-order valence-electron chi connectivity index (χ0n) is 13.2. The standard InChI is InChI=1S/C18H20N2O3S/c21-18(19-10-11-24(22)16-7-2-1-3-8-16)20-13-15-12-14-6-4-5-9-17(14)23-15/h1-9,15H,10-13H2,(H2,19,20,21). The molecule has 2 aromatic carbocycles. The molecule has 0 aliphatic carbocycles. The van der Waals surface area contributed by atoms with Gasteiger partial charge in [-0.25, -0.2) is 4.79 Å². The first kappa shape index (κ1) is 16.5. The lowest BCUT2D eigenvalue weighted by Gasteiger charge is -2.12. The molecule has 0 radical (unpaired) electrons. The van der Waals surface area contributed by atoms with Crippen LogP contribution in [0.4, 0.5) is 4.79 Å². The number of hydrogen-bond donors (Lipinski definition) is 2. The highest BCUT2D eigenvalue weighted by Gasteiger charge is 2.22. The smallest absolute Gasteiger partial charge is 0.314 e. The zero-order chi connectivity index (χ0) is 16.8. The molecule has 24 heavy (non-hydrogen) atoms. The van der Waals surface area contributed by atoms with Gasteiger partial charge in [-0.3, -0.25) is 4.21 Å². The Morgan fingerprint density at radius 3 is 2.62 bits per heavy atom. The molecule has 3 rings (SSSR count). The summed E-state index contributed by atoms with van der Waals surface area (Å²) < 4.78 is 17.8. The van der Waals surface area contributed by atoms with E-state index in [0.29, 0.717) is 18.8 Å². The monoisotopic (exact) mass is 344 g/mol. The van der Waals surface area contributed by atoms with Gasteiger partial charge in [0, 0.05) is 23.6 Å². The average molecular weight is 344 g/mol. The minimum atomic E-state index is -1.10. The van der Waals surface area contributed by atoms with Crippen LogP contribution in [0.2, 0.25) is 0 Å². The molecule has 2 atom stereocenters. The Morgan fingerprint density at radius 1 is 1.08 bits per heavy atom. The number of urea groups is 1. The number of benzene rings is 2. The summed E-state index contributed by atoms with van der Waals surface area (Å²) >= 11 is 0. The van der Waals surface area contributed by atoms with E-state index in [1.54, 1.807) is 0 Å². The Labute approximate surface area is 143 Å². The van der Waals surface area contributed by atoms with Crippen molar-refractivity contribution in [2.75, 3.05) is 18.8 Å². The highest BCUT2D eigenvalue weighted by molar-refractivity contribution is 7.85. The van der Waals surface area contributed by atoms with Gasteiger partial charge in [0.15, 0.2) is 0 Å². The second kappa shape index (κ2) is 7.97. The van der Waals surface area contributed by atoms with E-state index in [1.807, 2.05) is 54.6 Å². The quantitative estimate of drug-likeness (QED) is 0.843. The molecule has 126 valence electrons. The van der Waals surface area contributed by atoms with Crippen molar-refractivity contribution in [3.63, 3.8) is 0 Å². The van der Waals surface area contributed by atoms with E-state index >= 15 is 0 Å². The average Bonchev–Trinajstić information content (AvgIpc) is 3.03. The number of carbonyl (C=O) groups excluding carboxylic acids is 1. The van der Waals surface area contributed by atoms with Crippen LogP contribution in [-0.2, 0) is 17.2 Å². The van der Waals surface area contributed by atoms with Crippen molar-refractivity contribution in [2.45, 2.75) is 17.4 Å². The molecule has 2 aromatic rings. The Morgan fingerprint density at radius 2 is 1.83 bits per heavy atom.